The second-order valence-electron chi connectivity index (χ2n) is 7.95. The zero-order valence-electron chi connectivity index (χ0n) is 17.4. The molecule has 154 valence electrons. The van der Waals surface area contributed by atoms with Crippen LogP contribution in [-0.2, 0) is 4.74 Å². The average Bonchev–Trinajstić information content (AvgIpc) is 2.61. The van der Waals surface area contributed by atoms with Crippen LogP contribution in [0.1, 0.15) is 57.3 Å². The number of rotatable bonds is 4. The lowest BCUT2D eigenvalue weighted by Gasteiger charge is -2.33. The molecule has 0 bridgehead atoms. The van der Waals surface area contributed by atoms with Crippen LogP contribution in [0.3, 0.4) is 0 Å². The number of aliphatic hydroxyl groups excluding tert-OH is 1. The number of ether oxygens (including phenoxy) is 2. The molecule has 0 aliphatic heterocycles. The van der Waals surface area contributed by atoms with Gasteiger partial charge in [0.1, 0.15) is 6.10 Å². The van der Waals surface area contributed by atoms with Crippen molar-refractivity contribution in [3.8, 4) is 11.5 Å². The van der Waals surface area contributed by atoms with E-state index < -0.39 is 18.2 Å². The Balaban J connectivity index is 2.33. The first-order valence-electron chi connectivity index (χ1n) is 9.82. The predicted molar refractivity (Wildman–Crippen MR) is 110 cm³/mol. The predicted octanol–water partition coefficient (Wildman–Crippen LogP) is 4.64. The topological polar surface area (TPSA) is 76.0 Å². The minimum absolute atomic E-state index is 0.0346. The summed E-state index contributed by atoms with van der Waals surface area (Å²) < 4.78 is 11.0. The molecule has 0 radical (unpaired) electrons. The van der Waals surface area contributed by atoms with Gasteiger partial charge in [0.25, 0.3) is 0 Å². The summed E-state index contributed by atoms with van der Waals surface area (Å²) in [7, 11) is 1.43. The third-order valence-corrected chi connectivity index (χ3v) is 5.28. The maximum atomic E-state index is 12.8. The molecule has 0 spiro atoms. The van der Waals surface area contributed by atoms with Crippen LogP contribution in [0.25, 0.3) is 0 Å². The van der Waals surface area contributed by atoms with Crippen molar-refractivity contribution in [3.05, 3.63) is 47.1 Å². The van der Waals surface area contributed by atoms with E-state index in [1.165, 1.54) is 25.3 Å². The van der Waals surface area contributed by atoms with E-state index in [4.69, 9.17) is 9.47 Å². The van der Waals surface area contributed by atoms with Gasteiger partial charge in [-0.15, -0.1) is 0 Å². The van der Waals surface area contributed by atoms with Crippen LogP contribution >= 0.6 is 0 Å². The number of phenolic OH excluding ortho intramolecular Hbond substituents is 1. The van der Waals surface area contributed by atoms with Gasteiger partial charge in [-0.2, -0.15) is 0 Å². The van der Waals surface area contributed by atoms with E-state index in [0.29, 0.717) is 12.0 Å². The largest absolute Gasteiger partial charge is 0.504 e. The zero-order valence-corrected chi connectivity index (χ0v) is 17.4. The molecule has 5 heteroatoms. The average molecular weight is 389 g/mol. The number of hydrogen-bond acceptors (Lipinski definition) is 5. The van der Waals surface area contributed by atoms with E-state index in [1.54, 1.807) is 0 Å². The molecule has 1 aliphatic rings. The highest BCUT2D eigenvalue weighted by Crippen LogP contribution is 2.31. The number of aliphatic hydroxyl groups is 1. The lowest BCUT2D eigenvalue weighted by molar-refractivity contribution is -0.0217. The van der Waals surface area contributed by atoms with Gasteiger partial charge in [-0.05, 0) is 50.8 Å². The number of benzene rings is 1. The lowest BCUT2D eigenvalue weighted by Crippen LogP contribution is -2.38. The molecule has 0 heterocycles. The first kappa shape index (κ1) is 22.0. The highest BCUT2D eigenvalue weighted by molar-refractivity contribution is 5.90. The van der Waals surface area contributed by atoms with Crippen LogP contribution in [0.2, 0.25) is 0 Å². The maximum Gasteiger partial charge on any atom is 0.338 e. The molecule has 2 N–H and O–H groups in total. The number of methoxy groups -OCH3 is 1. The quantitative estimate of drug-likeness (QED) is 0.581. The van der Waals surface area contributed by atoms with E-state index in [0.717, 1.165) is 24.0 Å². The summed E-state index contributed by atoms with van der Waals surface area (Å²) in [4.78, 5) is 12.8. The molecule has 1 aromatic carbocycles. The maximum absolute atomic E-state index is 12.8. The molecule has 0 saturated heterocycles. The molecule has 5 nitrogen and oxygen atoms in total. The summed E-state index contributed by atoms with van der Waals surface area (Å²) in [6.45, 7) is 8.13. The van der Waals surface area contributed by atoms with Gasteiger partial charge in [0.15, 0.2) is 11.5 Å². The first-order chi connectivity index (χ1) is 13.2. The SMILES string of the molecule is COc1cc(C(=O)O[C@H]2C/C(C)=C\CCC(C)=C[C@H](O)[C@@H]2C(C)C)ccc1O. The minimum Gasteiger partial charge on any atom is -0.504 e. The fraction of sp³-hybridized carbons (Fsp3) is 0.522. The summed E-state index contributed by atoms with van der Waals surface area (Å²) in [5, 5.41) is 20.6. The number of phenols is 1. The number of allylic oxidation sites excluding steroid dienone is 2. The normalized spacial score (nSPS) is 25.5. The number of aromatic hydroxyl groups is 1. The Bertz CT molecular complexity index is 747. The van der Waals surface area contributed by atoms with Gasteiger partial charge < -0.3 is 19.7 Å². The van der Waals surface area contributed by atoms with E-state index in [2.05, 4.69) is 6.08 Å². The van der Waals surface area contributed by atoms with Gasteiger partial charge in [0, 0.05) is 12.3 Å². The molecular formula is C23H32O5. The monoisotopic (exact) mass is 388 g/mol. The highest BCUT2D eigenvalue weighted by Gasteiger charge is 2.33. The van der Waals surface area contributed by atoms with Gasteiger partial charge in [-0.25, -0.2) is 4.79 Å². The summed E-state index contributed by atoms with van der Waals surface area (Å²) in [5.41, 5.74) is 2.59. The fourth-order valence-electron chi connectivity index (χ4n) is 3.74. The van der Waals surface area contributed by atoms with E-state index >= 15 is 0 Å². The van der Waals surface area contributed by atoms with Crippen LogP contribution in [0, 0.1) is 11.8 Å². The van der Waals surface area contributed by atoms with E-state index in [-0.39, 0.29) is 23.3 Å². The molecule has 0 saturated carbocycles. The zero-order chi connectivity index (χ0) is 20.8. The molecule has 0 amide bonds. The fourth-order valence-corrected chi connectivity index (χ4v) is 3.74. The standard InChI is InChI=1S/C23H32O5/c1-14(2)22-19(25)11-15(3)7-6-8-16(4)12-21(22)28-23(26)17-9-10-18(24)20(13-17)27-5/h8-11,13-14,19,21-22,24-25H,6-7,12H2,1-5H3/b15-11?,16-8-/t19-,21-,22-/m0/s1. The van der Waals surface area contributed by atoms with Crippen molar-refractivity contribution in [3.63, 3.8) is 0 Å². The van der Waals surface area contributed by atoms with Crippen molar-refractivity contribution in [2.45, 2.75) is 59.2 Å². The molecule has 2 rings (SSSR count). The molecular weight excluding hydrogens is 356 g/mol. The Morgan fingerprint density at radius 3 is 2.57 bits per heavy atom. The summed E-state index contributed by atoms with van der Waals surface area (Å²) >= 11 is 0. The van der Waals surface area contributed by atoms with Crippen LogP contribution in [-0.4, -0.2) is 35.5 Å². The minimum atomic E-state index is -0.682. The van der Waals surface area contributed by atoms with Crippen molar-refractivity contribution in [2.75, 3.05) is 7.11 Å². The number of carbonyl (C=O) groups is 1. The molecule has 0 unspecified atom stereocenters. The molecule has 28 heavy (non-hydrogen) atoms. The third kappa shape index (κ3) is 5.61. The number of esters is 1. The second kappa shape index (κ2) is 9.78. The van der Waals surface area contributed by atoms with Crippen LogP contribution in [0.4, 0.5) is 0 Å². The number of hydrogen-bond donors (Lipinski definition) is 2. The first-order valence-corrected chi connectivity index (χ1v) is 9.82. The smallest absolute Gasteiger partial charge is 0.338 e. The Hall–Kier alpha value is -2.27. The Morgan fingerprint density at radius 1 is 1.21 bits per heavy atom. The number of carbonyl (C=O) groups excluding carboxylic acids is 1. The van der Waals surface area contributed by atoms with Crippen LogP contribution in [0.15, 0.2) is 41.5 Å². The van der Waals surface area contributed by atoms with Crippen molar-refractivity contribution in [1.82, 2.24) is 0 Å². The summed E-state index contributed by atoms with van der Waals surface area (Å²) in [6, 6.07) is 4.38. The second-order valence-corrected chi connectivity index (χ2v) is 7.95. The van der Waals surface area contributed by atoms with Crippen LogP contribution < -0.4 is 4.74 Å². The van der Waals surface area contributed by atoms with Crippen molar-refractivity contribution in [1.29, 1.82) is 0 Å². The molecule has 0 fully saturated rings. The van der Waals surface area contributed by atoms with Gasteiger partial charge in [0.2, 0.25) is 0 Å². The van der Waals surface area contributed by atoms with Crippen molar-refractivity contribution in [2.24, 2.45) is 11.8 Å². The van der Waals surface area contributed by atoms with Crippen molar-refractivity contribution < 1.29 is 24.5 Å². The van der Waals surface area contributed by atoms with Gasteiger partial charge in [-0.3, -0.25) is 0 Å². The van der Waals surface area contributed by atoms with Gasteiger partial charge >= 0.3 is 5.97 Å². The lowest BCUT2D eigenvalue weighted by atomic mass is 9.81. The highest BCUT2D eigenvalue weighted by atomic mass is 16.5. The third-order valence-electron chi connectivity index (χ3n) is 5.28. The molecule has 1 aromatic rings. The molecule has 1 aliphatic carbocycles. The van der Waals surface area contributed by atoms with Crippen molar-refractivity contribution >= 4 is 5.97 Å². The van der Waals surface area contributed by atoms with E-state index in [9.17, 15) is 15.0 Å². The Kier molecular flexibility index (Phi) is 7.69. The van der Waals surface area contributed by atoms with E-state index in [1.807, 2.05) is 33.8 Å². The summed E-state index contributed by atoms with van der Waals surface area (Å²) in [5.74, 6) is -0.410. The van der Waals surface area contributed by atoms with Gasteiger partial charge in [0.05, 0.1) is 18.8 Å². The molecule has 3 atom stereocenters. The molecule has 0 aromatic heterocycles. The summed E-state index contributed by atoms with van der Waals surface area (Å²) in [6.07, 6.45) is 5.33. The Labute approximate surface area is 167 Å². The van der Waals surface area contributed by atoms with Crippen LogP contribution in [0.5, 0.6) is 11.5 Å². The Morgan fingerprint density at radius 2 is 1.93 bits per heavy atom. The van der Waals surface area contributed by atoms with Gasteiger partial charge in [-0.1, -0.05) is 37.1 Å².